The standard InChI is InChI=1S/C23H16N2O7S/c1-31-22(27)16-6-4-15(5-7-16)19-11-10-18(32-19)12-20-21(26)24(23(28)33-20)13-14-2-8-17(9-3-14)25(29)30/h2-12H,13H2,1H3/b20-12+. The van der Waals surface area contributed by atoms with E-state index < -0.39 is 22.0 Å². The maximum atomic E-state index is 12.7. The van der Waals surface area contributed by atoms with Gasteiger partial charge < -0.3 is 9.15 Å². The molecule has 4 rings (SSSR count). The molecule has 1 aliphatic heterocycles. The van der Waals surface area contributed by atoms with Crippen LogP contribution in [0, 0.1) is 10.1 Å². The quantitative estimate of drug-likeness (QED) is 0.219. The summed E-state index contributed by atoms with van der Waals surface area (Å²) in [6, 6.07) is 15.7. The van der Waals surface area contributed by atoms with E-state index in [0.717, 1.165) is 22.2 Å². The van der Waals surface area contributed by atoms with Gasteiger partial charge in [0.05, 0.1) is 29.0 Å². The Morgan fingerprint density at radius 2 is 1.79 bits per heavy atom. The fourth-order valence-electron chi connectivity index (χ4n) is 3.15. The van der Waals surface area contributed by atoms with Crippen LogP contribution in [-0.4, -0.2) is 34.0 Å². The molecule has 2 heterocycles. The number of methoxy groups -OCH3 is 1. The van der Waals surface area contributed by atoms with Gasteiger partial charge in [-0.15, -0.1) is 0 Å². The number of amides is 2. The Bertz CT molecular complexity index is 1280. The number of carbonyl (C=O) groups excluding carboxylic acids is 3. The third kappa shape index (κ3) is 4.70. The number of hydrogen-bond acceptors (Lipinski definition) is 8. The van der Waals surface area contributed by atoms with E-state index in [1.807, 2.05) is 0 Å². The third-order valence-corrected chi connectivity index (χ3v) is 5.76. The number of hydrogen-bond donors (Lipinski definition) is 0. The number of carbonyl (C=O) groups is 3. The van der Waals surface area contributed by atoms with Crippen molar-refractivity contribution >= 4 is 40.6 Å². The van der Waals surface area contributed by atoms with Gasteiger partial charge in [-0.05, 0) is 41.6 Å². The van der Waals surface area contributed by atoms with E-state index in [4.69, 9.17) is 4.42 Å². The van der Waals surface area contributed by atoms with Crippen molar-refractivity contribution in [2.75, 3.05) is 7.11 Å². The van der Waals surface area contributed by atoms with Crippen LogP contribution in [0.5, 0.6) is 0 Å². The van der Waals surface area contributed by atoms with Gasteiger partial charge >= 0.3 is 5.97 Å². The Balaban J connectivity index is 1.48. The monoisotopic (exact) mass is 464 g/mol. The number of thioether (sulfide) groups is 1. The molecule has 0 atom stereocenters. The molecule has 0 aliphatic carbocycles. The van der Waals surface area contributed by atoms with Crippen molar-refractivity contribution in [3.05, 3.63) is 92.6 Å². The fraction of sp³-hybridized carbons (Fsp3) is 0.0870. The van der Waals surface area contributed by atoms with Crippen LogP contribution < -0.4 is 0 Å². The summed E-state index contributed by atoms with van der Waals surface area (Å²) in [5.74, 6) is 0.0144. The molecule has 0 N–H and O–H groups in total. The fourth-order valence-corrected chi connectivity index (χ4v) is 3.96. The Hall–Kier alpha value is -4.18. The van der Waals surface area contributed by atoms with Gasteiger partial charge in [0.1, 0.15) is 11.5 Å². The van der Waals surface area contributed by atoms with E-state index in [9.17, 15) is 24.5 Å². The van der Waals surface area contributed by atoms with Gasteiger partial charge in [-0.2, -0.15) is 0 Å². The smallest absolute Gasteiger partial charge is 0.337 e. The summed E-state index contributed by atoms with van der Waals surface area (Å²) in [7, 11) is 1.31. The number of nitro groups is 1. The summed E-state index contributed by atoms with van der Waals surface area (Å²) < 4.78 is 10.5. The molecule has 1 aromatic heterocycles. The minimum Gasteiger partial charge on any atom is -0.465 e. The summed E-state index contributed by atoms with van der Waals surface area (Å²) >= 11 is 0.796. The van der Waals surface area contributed by atoms with Crippen molar-refractivity contribution < 1.29 is 28.5 Å². The van der Waals surface area contributed by atoms with Gasteiger partial charge in [-0.1, -0.05) is 24.3 Å². The van der Waals surface area contributed by atoms with Gasteiger partial charge in [-0.3, -0.25) is 24.6 Å². The molecule has 0 bridgehead atoms. The van der Waals surface area contributed by atoms with E-state index in [-0.39, 0.29) is 17.1 Å². The molecule has 1 saturated heterocycles. The lowest BCUT2D eigenvalue weighted by atomic mass is 10.1. The summed E-state index contributed by atoms with van der Waals surface area (Å²) in [5.41, 5.74) is 1.67. The zero-order chi connectivity index (χ0) is 23.5. The zero-order valence-electron chi connectivity index (χ0n) is 17.2. The third-order valence-electron chi connectivity index (χ3n) is 4.85. The van der Waals surface area contributed by atoms with Gasteiger partial charge in [0.2, 0.25) is 0 Å². The molecule has 3 aromatic rings. The highest BCUT2D eigenvalue weighted by atomic mass is 32.2. The lowest BCUT2D eigenvalue weighted by Gasteiger charge is -2.12. The van der Waals surface area contributed by atoms with Crippen LogP contribution >= 0.6 is 11.8 Å². The van der Waals surface area contributed by atoms with Crippen LogP contribution in [0.2, 0.25) is 0 Å². The number of non-ortho nitro benzene ring substituents is 1. The second-order valence-electron chi connectivity index (χ2n) is 6.96. The first-order valence-electron chi connectivity index (χ1n) is 9.63. The molecule has 2 aromatic carbocycles. The van der Waals surface area contributed by atoms with E-state index >= 15 is 0 Å². The topological polar surface area (TPSA) is 120 Å². The first-order chi connectivity index (χ1) is 15.9. The molecule has 33 heavy (non-hydrogen) atoms. The highest BCUT2D eigenvalue weighted by molar-refractivity contribution is 8.18. The molecule has 0 radical (unpaired) electrons. The van der Waals surface area contributed by atoms with Crippen LogP contribution in [-0.2, 0) is 16.1 Å². The van der Waals surface area contributed by atoms with Crippen molar-refractivity contribution in [1.82, 2.24) is 4.90 Å². The van der Waals surface area contributed by atoms with E-state index in [1.165, 1.54) is 37.5 Å². The summed E-state index contributed by atoms with van der Waals surface area (Å²) in [6.07, 6.45) is 1.49. The number of rotatable bonds is 6. The Kier molecular flexibility index (Phi) is 6.09. The zero-order valence-corrected chi connectivity index (χ0v) is 18.0. The van der Waals surface area contributed by atoms with Crippen molar-refractivity contribution in [3.63, 3.8) is 0 Å². The van der Waals surface area contributed by atoms with E-state index in [2.05, 4.69) is 4.74 Å². The van der Waals surface area contributed by atoms with E-state index in [0.29, 0.717) is 22.6 Å². The number of nitro benzene ring substituents is 1. The van der Waals surface area contributed by atoms with Crippen LogP contribution in [0.3, 0.4) is 0 Å². The average Bonchev–Trinajstić information content (AvgIpc) is 3.39. The molecular weight excluding hydrogens is 448 g/mol. The Morgan fingerprint density at radius 3 is 2.42 bits per heavy atom. The Morgan fingerprint density at radius 1 is 1.09 bits per heavy atom. The maximum Gasteiger partial charge on any atom is 0.337 e. The molecule has 0 saturated carbocycles. The molecule has 1 aliphatic rings. The normalized spacial score (nSPS) is 14.7. The minimum atomic E-state index is -0.516. The number of furan rings is 1. The first-order valence-corrected chi connectivity index (χ1v) is 10.4. The summed E-state index contributed by atoms with van der Waals surface area (Å²) in [4.78, 5) is 48.2. The van der Waals surface area contributed by atoms with Crippen molar-refractivity contribution in [2.45, 2.75) is 6.54 Å². The average molecular weight is 464 g/mol. The molecule has 166 valence electrons. The van der Waals surface area contributed by atoms with Gasteiger partial charge in [0, 0.05) is 23.8 Å². The number of benzene rings is 2. The van der Waals surface area contributed by atoms with Gasteiger partial charge in [0.25, 0.3) is 16.8 Å². The predicted octanol–water partition coefficient (Wildman–Crippen LogP) is 4.88. The highest BCUT2D eigenvalue weighted by Gasteiger charge is 2.35. The number of esters is 1. The van der Waals surface area contributed by atoms with Gasteiger partial charge in [-0.25, -0.2) is 4.79 Å². The van der Waals surface area contributed by atoms with Crippen molar-refractivity contribution in [1.29, 1.82) is 0 Å². The lowest BCUT2D eigenvalue weighted by Crippen LogP contribution is -2.27. The molecule has 9 nitrogen and oxygen atoms in total. The molecule has 1 fully saturated rings. The SMILES string of the molecule is COC(=O)c1ccc(-c2ccc(/C=C3/SC(=O)N(Cc4ccc([N+](=O)[O-])cc4)C3=O)o2)cc1. The van der Waals surface area contributed by atoms with Crippen LogP contribution in [0.1, 0.15) is 21.7 Å². The molecule has 0 unspecified atom stereocenters. The maximum absolute atomic E-state index is 12.7. The molecule has 0 spiro atoms. The summed E-state index contributed by atoms with van der Waals surface area (Å²) in [5, 5.41) is 10.3. The number of imide groups is 1. The molecule has 2 amide bonds. The van der Waals surface area contributed by atoms with Crippen molar-refractivity contribution in [3.8, 4) is 11.3 Å². The number of nitrogens with zero attached hydrogens (tertiary/aromatic N) is 2. The predicted molar refractivity (Wildman–Crippen MR) is 120 cm³/mol. The van der Waals surface area contributed by atoms with Crippen molar-refractivity contribution in [2.24, 2.45) is 0 Å². The number of ether oxygens (including phenoxy) is 1. The second-order valence-corrected chi connectivity index (χ2v) is 7.96. The van der Waals surface area contributed by atoms with E-state index in [1.54, 1.807) is 36.4 Å². The van der Waals surface area contributed by atoms with Crippen LogP contribution in [0.4, 0.5) is 10.5 Å². The Labute approximate surface area is 191 Å². The highest BCUT2D eigenvalue weighted by Crippen LogP contribution is 2.34. The summed E-state index contributed by atoms with van der Waals surface area (Å²) in [6.45, 7) is 0.00987. The largest absolute Gasteiger partial charge is 0.465 e. The van der Waals surface area contributed by atoms with Crippen LogP contribution in [0.25, 0.3) is 17.4 Å². The minimum absolute atomic E-state index is 0.00987. The molecule has 10 heteroatoms. The van der Waals surface area contributed by atoms with Crippen LogP contribution in [0.15, 0.2) is 70.0 Å². The lowest BCUT2D eigenvalue weighted by molar-refractivity contribution is -0.384. The second kappa shape index (κ2) is 9.13. The van der Waals surface area contributed by atoms with Gasteiger partial charge in [0.15, 0.2) is 0 Å². The molecular formula is C23H16N2O7S. The first kappa shape index (κ1) is 22.0.